The van der Waals surface area contributed by atoms with E-state index in [0.29, 0.717) is 12.1 Å². The number of oxime groups is 1. The molecule has 2 aromatic carbocycles. The Hall–Kier alpha value is -2.17. The van der Waals surface area contributed by atoms with Crippen LogP contribution in [0.1, 0.15) is 23.6 Å². The molecule has 2 aromatic rings. The molecule has 120 valence electrons. The summed E-state index contributed by atoms with van der Waals surface area (Å²) in [5.41, 5.74) is 2.92. The van der Waals surface area contributed by atoms with Gasteiger partial charge in [-0.05, 0) is 11.1 Å². The van der Waals surface area contributed by atoms with Crippen molar-refractivity contribution in [1.82, 2.24) is 4.90 Å². The molecule has 1 fully saturated rings. The first kappa shape index (κ1) is 15.7. The summed E-state index contributed by atoms with van der Waals surface area (Å²) in [6.45, 7) is 3.29. The summed E-state index contributed by atoms with van der Waals surface area (Å²) >= 11 is 0. The summed E-state index contributed by atoms with van der Waals surface area (Å²) in [7, 11) is 0. The summed E-state index contributed by atoms with van der Waals surface area (Å²) in [5.74, 6) is 0. The lowest BCUT2D eigenvalue weighted by molar-refractivity contribution is 0.0174. The fourth-order valence-electron chi connectivity index (χ4n) is 3.05. The van der Waals surface area contributed by atoms with Crippen LogP contribution >= 0.6 is 0 Å². The van der Waals surface area contributed by atoms with Gasteiger partial charge in [0.1, 0.15) is 0 Å². The van der Waals surface area contributed by atoms with Gasteiger partial charge in [0, 0.05) is 25.6 Å². The van der Waals surface area contributed by atoms with Crippen LogP contribution in [0.5, 0.6) is 0 Å². The number of benzene rings is 2. The number of nitrogens with zero attached hydrogens (tertiary/aromatic N) is 2. The van der Waals surface area contributed by atoms with E-state index in [1.165, 1.54) is 5.56 Å². The van der Waals surface area contributed by atoms with Crippen molar-refractivity contribution in [3.05, 3.63) is 71.8 Å². The van der Waals surface area contributed by atoms with Crippen LogP contribution in [0.25, 0.3) is 0 Å². The Morgan fingerprint density at radius 3 is 2.22 bits per heavy atom. The Morgan fingerprint density at radius 1 is 1.00 bits per heavy atom. The number of rotatable bonds is 5. The summed E-state index contributed by atoms with van der Waals surface area (Å²) in [6.07, 6.45) is 0.671. The van der Waals surface area contributed by atoms with E-state index in [4.69, 9.17) is 4.74 Å². The van der Waals surface area contributed by atoms with Gasteiger partial charge in [-0.25, -0.2) is 0 Å². The van der Waals surface area contributed by atoms with E-state index in [-0.39, 0.29) is 6.04 Å². The second kappa shape index (κ2) is 7.90. The molecule has 1 heterocycles. The molecule has 4 nitrogen and oxygen atoms in total. The topological polar surface area (TPSA) is 45.1 Å². The summed E-state index contributed by atoms with van der Waals surface area (Å²) < 4.78 is 5.48. The average molecular weight is 310 g/mol. The van der Waals surface area contributed by atoms with Gasteiger partial charge in [-0.3, -0.25) is 4.90 Å². The van der Waals surface area contributed by atoms with Gasteiger partial charge in [0.25, 0.3) is 0 Å². The molecular formula is C19H22N2O2. The van der Waals surface area contributed by atoms with E-state index < -0.39 is 0 Å². The van der Waals surface area contributed by atoms with Crippen molar-refractivity contribution >= 4 is 5.71 Å². The molecule has 3 rings (SSSR count). The molecule has 1 saturated heterocycles. The molecule has 1 aliphatic rings. The van der Waals surface area contributed by atoms with Crippen molar-refractivity contribution < 1.29 is 9.94 Å². The average Bonchev–Trinajstić information content (AvgIpc) is 2.65. The van der Waals surface area contributed by atoms with E-state index in [9.17, 15) is 5.21 Å². The molecule has 0 unspecified atom stereocenters. The van der Waals surface area contributed by atoms with Gasteiger partial charge in [0.15, 0.2) is 0 Å². The van der Waals surface area contributed by atoms with Crippen LogP contribution in [0.15, 0.2) is 65.8 Å². The van der Waals surface area contributed by atoms with Crippen LogP contribution in [-0.2, 0) is 4.74 Å². The summed E-state index contributed by atoms with van der Waals surface area (Å²) in [4.78, 5) is 2.41. The van der Waals surface area contributed by atoms with Crippen LogP contribution in [0.4, 0.5) is 0 Å². The molecular weight excluding hydrogens is 288 g/mol. The predicted molar refractivity (Wildman–Crippen MR) is 91.0 cm³/mol. The van der Waals surface area contributed by atoms with Crippen molar-refractivity contribution in [1.29, 1.82) is 0 Å². The molecule has 0 amide bonds. The van der Waals surface area contributed by atoms with E-state index in [1.807, 2.05) is 36.4 Å². The van der Waals surface area contributed by atoms with Gasteiger partial charge in [-0.15, -0.1) is 0 Å². The third-order valence-corrected chi connectivity index (χ3v) is 4.29. The molecule has 1 aliphatic heterocycles. The Morgan fingerprint density at radius 2 is 1.61 bits per heavy atom. The van der Waals surface area contributed by atoms with Gasteiger partial charge in [-0.1, -0.05) is 65.8 Å². The number of hydrogen-bond acceptors (Lipinski definition) is 4. The maximum Gasteiger partial charge on any atom is 0.0886 e. The first-order valence-electron chi connectivity index (χ1n) is 8.01. The van der Waals surface area contributed by atoms with Crippen molar-refractivity contribution in [3.8, 4) is 0 Å². The predicted octanol–water partition coefficient (Wildman–Crippen LogP) is 3.33. The van der Waals surface area contributed by atoms with Crippen molar-refractivity contribution in [3.63, 3.8) is 0 Å². The molecule has 23 heavy (non-hydrogen) atoms. The van der Waals surface area contributed by atoms with Gasteiger partial charge in [-0.2, -0.15) is 0 Å². The second-order valence-electron chi connectivity index (χ2n) is 5.69. The Kier molecular flexibility index (Phi) is 5.40. The SMILES string of the molecule is O/N=C(\C[C@H](c1ccccc1)N1CCOCC1)c1ccccc1. The third kappa shape index (κ3) is 3.97. The number of ether oxygens (including phenoxy) is 1. The molecule has 4 heteroatoms. The van der Waals surface area contributed by atoms with Crippen LogP contribution in [-0.4, -0.2) is 42.1 Å². The maximum atomic E-state index is 9.52. The van der Waals surface area contributed by atoms with Gasteiger partial charge < -0.3 is 9.94 Å². The fourth-order valence-corrected chi connectivity index (χ4v) is 3.05. The standard InChI is InChI=1S/C19H22N2O2/c22-20-18(16-7-3-1-4-8-16)15-19(17-9-5-2-6-10-17)21-11-13-23-14-12-21/h1-10,19,22H,11-15H2/b20-18+/t19-/m1/s1. The lowest BCUT2D eigenvalue weighted by Gasteiger charge is -2.35. The molecule has 0 radical (unpaired) electrons. The highest BCUT2D eigenvalue weighted by Gasteiger charge is 2.24. The first-order chi connectivity index (χ1) is 11.4. The Labute approximate surface area is 137 Å². The van der Waals surface area contributed by atoms with E-state index in [0.717, 1.165) is 31.9 Å². The zero-order valence-corrected chi connectivity index (χ0v) is 13.1. The van der Waals surface area contributed by atoms with Crippen LogP contribution in [0, 0.1) is 0 Å². The highest BCUT2D eigenvalue weighted by atomic mass is 16.5. The lowest BCUT2D eigenvalue weighted by atomic mass is 9.95. The van der Waals surface area contributed by atoms with Gasteiger partial charge in [0.2, 0.25) is 0 Å². The van der Waals surface area contributed by atoms with Crippen molar-refractivity contribution in [2.24, 2.45) is 5.16 Å². The smallest absolute Gasteiger partial charge is 0.0886 e. The van der Waals surface area contributed by atoms with E-state index in [1.54, 1.807) is 0 Å². The zero-order valence-electron chi connectivity index (χ0n) is 13.1. The van der Waals surface area contributed by atoms with E-state index >= 15 is 0 Å². The first-order valence-corrected chi connectivity index (χ1v) is 8.01. The normalized spacial score (nSPS) is 17.8. The highest BCUT2D eigenvalue weighted by Crippen LogP contribution is 2.27. The Balaban J connectivity index is 1.86. The molecule has 1 N–H and O–H groups in total. The summed E-state index contributed by atoms with van der Waals surface area (Å²) in [5, 5.41) is 13.1. The number of morpholine rings is 1. The van der Waals surface area contributed by atoms with Crippen LogP contribution < -0.4 is 0 Å². The molecule has 0 spiro atoms. The number of hydrogen-bond donors (Lipinski definition) is 1. The minimum Gasteiger partial charge on any atom is -0.411 e. The second-order valence-corrected chi connectivity index (χ2v) is 5.69. The van der Waals surface area contributed by atoms with E-state index in [2.05, 4.69) is 34.3 Å². The fraction of sp³-hybridized carbons (Fsp3) is 0.316. The van der Waals surface area contributed by atoms with Crippen molar-refractivity contribution in [2.75, 3.05) is 26.3 Å². The molecule has 0 aromatic heterocycles. The van der Waals surface area contributed by atoms with Crippen LogP contribution in [0.3, 0.4) is 0 Å². The minimum absolute atomic E-state index is 0.186. The monoisotopic (exact) mass is 310 g/mol. The highest BCUT2D eigenvalue weighted by molar-refractivity contribution is 6.00. The van der Waals surface area contributed by atoms with Crippen molar-refractivity contribution in [2.45, 2.75) is 12.5 Å². The van der Waals surface area contributed by atoms with Crippen LogP contribution in [0.2, 0.25) is 0 Å². The molecule has 0 aliphatic carbocycles. The van der Waals surface area contributed by atoms with Gasteiger partial charge >= 0.3 is 0 Å². The largest absolute Gasteiger partial charge is 0.411 e. The summed E-state index contributed by atoms with van der Waals surface area (Å²) in [6, 6.07) is 20.5. The molecule has 0 saturated carbocycles. The molecule has 1 atom stereocenters. The zero-order chi connectivity index (χ0) is 15.9. The lowest BCUT2D eigenvalue weighted by Crippen LogP contribution is -2.40. The minimum atomic E-state index is 0.186. The Bertz CT molecular complexity index is 622. The maximum absolute atomic E-state index is 9.52. The third-order valence-electron chi connectivity index (χ3n) is 4.29. The quantitative estimate of drug-likeness (QED) is 0.523. The molecule has 0 bridgehead atoms. The van der Waals surface area contributed by atoms with Gasteiger partial charge in [0.05, 0.1) is 18.9 Å².